The van der Waals surface area contributed by atoms with Gasteiger partial charge in [0.25, 0.3) is 0 Å². The van der Waals surface area contributed by atoms with E-state index in [-0.39, 0.29) is 5.15 Å². The van der Waals surface area contributed by atoms with E-state index >= 15 is 0 Å². The molecule has 3 heterocycles. The van der Waals surface area contributed by atoms with Crippen LogP contribution in [0, 0.1) is 0 Å². The van der Waals surface area contributed by atoms with Crippen LogP contribution in [0.15, 0.2) is 36.8 Å². The number of aromatic nitrogens is 4. The van der Waals surface area contributed by atoms with Crippen LogP contribution in [0.25, 0.3) is 17.0 Å². The first-order valence-electron chi connectivity index (χ1n) is 5.20. The largest absolute Gasteiger partial charge is 0.298 e. The van der Waals surface area contributed by atoms with E-state index < -0.39 is 0 Å². The van der Waals surface area contributed by atoms with Gasteiger partial charge in [-0.1, -0.05) is 11.6 Å². The number of fused-ring (bicyclic) bond motifs is 1. The average Bonchev–Trinajstić information content (AvgIpc) is 2.71. The van der Waals surface area contributed by atoms with Gasteiger partial charge in [0.1, 0.15) is 10.8 Å². The van der Waals surface area contributed by atoms with Gasteiger partial charge in [-0.25, -0.2) is 15.0 Å². The Morgan fingerprint density at radius 1 is 1.11 bits per heavy atom. The summed E-state index contributed by atoms with van der Waals surface area (Å²) >= 11 is 6.20. The zero-order chi connectivity index (χ0) is 12.5. The average molecular weight is 259 g/mol. The van der Waals surface area contributed by atoms with Gasteiger partial charge in [-0.15, -0.1) is 0 Å². The van der Waals surface area contributed by atoms with Crippen LogP contribution < -0.4 is 0 Å². The predicted molar refractivity (Wildman–Crippen MR) is 67.1 cm³/mol. The SMILES string of the molecule is O=Cc1c(Cl)n(-c2ncccn2)c2ncccc12. The highest BCUT2D eigenvalue weighted by molar-refractivity contribution is 6.34. The van der Waals surface area contributed by atoms with Crippen LogP contribution in [0.2, 0.25) is 5.15 Å². The molecule has 5 nitrogen and oxygen atoms in total. The van der Waals surface area contributed by atoms with Gasteiger partial charge < -0.3 is 0 Å². The maximum atomic E-state index is 11.1. The number of carbonyl (C=O) groups is 1. The third-order valence-electron chi connectivity index (χ3n) is 2.58. The molecule has 0 saturated heterocycles. The van der Waals surface area contributed by atoms with Crippen molar-refractivity contribution in [2.24, 2.45) is 0 Å². The minimum atomic E-state index is 0.268. The summed E-state index contributed by atoms with van der Waals surface area (Å²) in [6, 6.07) is 5.25. The molecule has 3 aromatic heterocycles. The maximum Gasteiger partial charge on any atom is 0.236 e. The molecule has 0 saturated carbocycles. The molecular formula is C12H7ClN4O. The molecule has 0 radical (unpaired) electrons. The van der Waals surface area contributed by atoms with Crippen molar-refractivity contribution in [2.45, 2.75) is 0 Å². The van der Waals surface area contributed by atoms with Crippen molar-refractivity contribution < 1.29 is 4.79 Å². The molecule has 0 aliphatic heterocycles. The van der Waals surface area contributed by atoms with Crippen molar-refractivity contribution in [3.63, 3.8) is 0 Å². The molecule has 0 unspecified atom stereocenters. The molecule has 3 rings (SSSR count). The van der Waals surface area contributed by atoms with Crippen LogP contribution in [0.1, 0.15) is 10.4 Å². The zero-order valence-electron chi connectivity index (χ0n) is 9.12. The lowest BCUT2D eigenvalue weighted by molar-refractivity contribution is 0.112. The predicted octanol–water partition coefficient (Wildman–Crippen LogP) is 2.28. The van der Waals surface area contributed by atoms with Crippen LogP contribution in [-0.4, -0.2) is 25.8 Å². The van der Waals surface area contributed by atoms with Crippen LogP contribution in [0.3, 0.4) is 0 Å². The highest BCUT2D eigenvalue weighted by Gasteiger charge is 2.18. The lowest BCUT2D eigenvalue weighted by Crippen LogP contribution is -2.00. The van der Waals surface area contributed by atoms with Crippen LogP contribution in [-0.2, 0) is 0 Å². The molecule has 0 fully saturated rings. The number of hydrogen-bond donors (Lipinski definition) is 0. The molecular weight excluding hydrogens is 252 g/mol. The minimum Gasteiger partial charge on any atom is -0.298 e. The molecule has 0 bridgehead atoms. The van der Waals surface area contributed by atoms with Crippen molar-refractivity contribution in [1.82, 2.24) is 19.5 Å². The number of halogens is 1. The van der Waals surface area contributed by atoms with Gasteiger partial charge in [0.15, 0.2) is 6.29 Å². The summed E-state index contributed by atoms with van der Waals surface area (Å²) in [4.78, 5) is 23.6. The molecule has 0 atom stereocenters. The molecule has 0 spiro atoms. The van der Waals surface area contributed by atoms with E-state index in [0.29, 0.717) is 28.8 Å². The number of nitrogens with zero attached hydrogens (tertiary/aromatic N) is 4. The van der Waals surface area contributed by atoms with Crippen LogP contribution in [0.4, 0.5) is 0 Å². The summed E-state index contributed by atoms with van der Waals surface area (Å²) in [5, 5.41) is 0.954. The fraction of sp³-hybridized carbons (Fsp3) is 0. The summed E-state index contributed by atoms with van der Waals surface area (Å²) in [7, 11) is 0. The lowest BCUT2D eigenvalue weighted by Gasteiger charge is -2.02. The van der Waals surface area contributed by atoms with Gasteiger partial charge in [0.05, 0.1) is 5.56 Å². The quantitative estimate of drug-likeness (QED) is 0.662. The summed E-state index contributed by atoms with van der Waals surface area (Å²) < 4.78 is 1.56. The highest BCUT2D eigenvalue weighted by Crippen LogP contribution is 2.29. The van der Waals surface area contributed by atoms with Crippen molar-refractivity contribution >= 4 is 28.9 Å². The van der Waals surface area contributed by atoms with E-state index in [2.05, 4.69) is 15.0 Å². The summed E-state index contributed by atoms with van der Waals surface area (Å²) in [6.45, 7) is 0. The molecule has 0 aliphatic carbocycles. The third-order valence-corrected chi connectivity index (χ3v) is 2.95. The first-order valence-corrected chi connectivity index (χ1v) is 5.58. The number of pyridine rings is 1. The Labute approximate surface area is 107 Å². The number of aldehydes is 1. The van der Waals surface area contributed by atoms with Gasteiger partial charge in [0, 0.05) is 24.0 Å². The van der Waals surface area contributed by atoms with Gasteiger partial charge >= 0.3 is 0 Å². The smallest absolute Gasteiger partial charge is 0.236 e. The molecule has 0 amide bonds. The van der Waals surface area contributed by atoms with Gasteiger partial charge in [-0.3, -0.25) is 9.36 Å². The van der Waals surface area contributed by atoms with E-state index in [0.717, 1.165) is 0 Å². The molecule has 18 heavy (non-hydrogen) atoms. The topological polar surface area (TPSA) is 60.7 Å². The summed E-state index contributed by atoms with van der Waals surface area (Å²) in [5.41, 5.74) is 0.961. The van der Waals surface area contributed by atoms with Crippen LogP contribution in [0.5, 0.6) is 0 Å². The Bertz CT molecular complexity index is 724. The van der Waals surface area contributed by atoms with Gasteiger partial charge in [-0.05, 0) is 18.2 Å². The Morgan fingerprint density at radius 2 is 1.83 bits per heavy atom. The second-order valence-corrected chi connectivity index (χ2v) is 3.94. The van der Waals surface area contributed by atoms with Crippen molar-refractivity contribution in [3.05, 3.63) is 47.5 Å². The first-order chi connectivity index (χ1) is 8.83. The third kappa shape index (κ3) is 1.48. The minimum absolute atomic E-state index is 0.268. The number of hydrogen-bond acceptors (Lipinski definition) is 4. The van der Waals surface area contributed by atoms with Crippen molar-refractivity contribution in [2.75, 3.05) is 0 Å². The number of carbonyl (C=O) groups excluding carboxylic acids is 1. The second-order valence-electron chi connectivity index (χ2n) is 3.58. The molecule has 6 heteroatoms. The van der Waals surface area contributed by atoms with E-state index in [1.807, 2.05) is 0 Å². The normalized spacial score (nSPS) is 10.7. The summed E-state index contributed by atoms with van der Waals surface area (Å²) in [5.74, 6) is 0.388. The summed E-state index contributed by atoms with van der Waals surface area (Å²) in [6.07, 6.45) is 5.56. The Hall–Kier alpha value is -2.27. The molecule has 0 aliphatic rings. The Kier molecular flexibility index (Phi) is 2.53. The van der Waals surface area contributed by atoms with Gasteiger partial charge in [0.2, 0.25) is 5.95 Å². The standard InChI is InChI=1S/C12H7ClN4O/c13-10-9(7-18)8-3-1-4-14-11(8)17(10)12-15-5-2-6-16-12/h1-7H. The first kappa shape index (κ1) is 10.9. The monoisotopic (exact) mass is 258 g/mol. The Morgan fingerprint density at radius 3 is 2.56 bits per heavy atom. The Balaban J connectivity index is 2.43. The van der Waals surface area contributed by atoms with Crippen molar-refractivity contribution in [1.29, 1.82) is 0 Å². The number of rotatable bonds is 2. The zero-order valence-corrected chi connectivity index (χ0v) is 9.87. The maximum absolute atomic E-state index is 11.1. The highest BCUT2D eigenvalue weighted by atomic mass is 35.5. The fourth-order valence-corrected chi connectivity index (χ4v) is 2.11. The lowest BCUT2D eigenvalue weighted by atomic mass is 10.2. The molecule has 3 aromatic rings. The van der Waals surface area contributed by atoms with Crippen LogP contribution >= 0.6 is 11.6 Å². The van der Waals surface area contributed by atoms with Gasteiger partial charge in [-0.2, -0.15) is 0 Å². The van der Waals surface area contributed by atoms with E-state index in [1.165, 1.54) is 0 Å². The fourth-order valence-electron chi connectivity index (χ4n) is 1.81. The molecule has 0 N–H and O–H groups in total. The van der Waals surface area contributed by atoms with Crippen molar-refractivity contribution in [3.8, 4) is 5.95 Å². The molecule has 0 aromatic carbocycles. The van der Waals surface area contributed by atoms with E-state index in [9.17, 15) is 4.79 Å². The van der Waals surface area contributed by atoms with E-state index in [1.54, 1.807) is 41.4 Å². The van der Waals surface area contributed by atoms with E-state index in [4.69, 9.17) is 11.6 Å². The second kappa shape index (κ2) is 4.19. The molecule has 88 valence electrons.